The van der Waals surface area contributed by atoms with Crippen LogP contribution in [0.25, 0.3) is 0 Å². The first-order chi connectivity index (χ1) is 6.17. The van der Waals surface area contributed by atoms with E-state index in [2.05, 4.69) is 0 Å². The van der Waals surface area contributed by atoms with E-state index in [0.29, 0.717) is 12.6 Å². The maximum atomic E-state index is 12.9. The number of halogens is 2. The highest BCUT2D eigenvalue weighted by Gasteiger charge is 2.40. The molecule has 0 N–H and O–H groups in total. The van der Waals surface area contributed by atoms with Gasteiger partial charge in [-0.15, -0.1) is 0 Å². The Balaban J connectivity index is 1.87. The van der Waals surface area contributed by atoms with Crippen LogP contribution in [-0.2, 0) is 0 Å². The van der Waals surface area contributed by atoms with Crippen molar-refractivity contribution >= 4 is 0 Å². The van der Waals surface area contributed by atoms with Crippen molar-refractivity contribution in [3.8, 4) is 0 Å². The van der Waals surface area contributed by atoms with Gasteiger partial charge in [-0.05, 0) is 12.8 Å². The summed E-state index contributed by atoms with van der Waals surface area (Å²) in [5, 5.41) is 0. The summed E-state index contributed by atoms with van der Waals surface area (Å²) in [6.45, 7) is 0.620. The highest BCUT2D eigenvalue weighted by Crippen LogP contribution is 2.32. The first-order valence-electron chi connectivity index (χ1n) is 5.29. The second-order valence-corrected chi connectivity index (χ2v) is 4.37. The predicted octanol–water partition coefficient (Wildman–Crippen LogP) is 2.66. The van der Waals surface area contributed by atoms with Crippen LogP contribution in [0.3, 0.4) is 0 Å². The molecule has 1 saturated heterocycles. The summed E-state index contributed by atoms with van der Waals surface area (Å²) in [7, 11) is 0. The number of likely N-dealkylation sites (tertiary alicyclic amines) is 1. The van der Waals surface area contributed by atoms with Gasteiger partial charge < -0.3 is 0 Å². The van der Waals surface area contributed by atoms with Crippen LogP contribution in [-0.4, -0.2) is 30.0 Å². The summed E-state index contributed by atoms with van der Waals surface area (Å²) in [5.41, 5.74) is 0. The highest BCUT2D eigenvalue weighted by molar-refractivity contribution is 4.87. The molecular weight excluding hydrogens is 172 g/mol. The van der Waals surface area contributed by atoms with E-state index in [9.17, 15) is 8.78 Å². The maximum Gasteiger partial charge on any atom is 0.261 e. The summed E-state index contributed by atoms with van der Waals surface area (Å²) in [6, 6.07) is 0.460. The summed E-state index contributed by atoms with van der Waals surface area (Å²) in [4.78, 5) is 2.00. The van der Waals surface area contributed by atoms with Crippen molar-refractivity contribution in [1.82, 2.24) is 4.90 Å². The van der Waals surface area contributed by atoms with Crippen LogP contribution in [0.15, 0.2) is 0 Å². The summed E-state index contributed by atoms with van der Waals surface area (Å²) >= 11 is 0. The molecule has 0 spiro atoms. The van der Waals surface area contributed by atoms with E-state index in [4.69, 9.17) is 0 Å². The Morgan fingerprint density at radius 3 is 2.31 bits per heavy atom. The topological polar surface area (TPSA) is 3.24 Å². The smallest absolute Gasteiger partial charge is 0.261 e. The van der Waals surface area contributed by atoms with Crippen LogP contribution in [0, 0.1) is 0 Å². The third-order valence-electron chi connectivity index (χ3n) is 3.29. The maximum absolute atomic E-state index is 12.9. The lowest BCUT2D eigenvalue weighted by molar-refractivity contribution is 0.00552. The molecule has 0 bridgehead atoms. The summed E-state index contributed by atoms with van der Waals surface area (Å²) < 4.78 is 25.8. The lowest BCUT2D eigenvalue weighted by Gasteiger charge is -2.30. The van der Waals surface area contributed by atoms with Gasteiger partial charge >= 0.3 is 0 Å². The van der Waals surface area contributed by atoms with Gasteiger partial charge in [0, 0.05) is 19.0 Å². The fraction of sp³-hybridized carbons (Fsp3) is 1.00. The molecule has 0 unspecified atom stereocenters. The highest BCUT2D eigenvalue weighted by atomic mass is 19.3. The number of hydrogen-bond acceptors (Lipinski definition) is 1. The Morgan fingerprint density at radius 1 is 1.08 bits per heavy atom. The van der Waals surface area contributed by atoms with Gasteiger partial charge in [-0.2, -0.15) is 0 Å². The lowest BCUT2D eigenvalue weighted by atomic mass is 9.94. The molecule has 0 amide bonds. The van der Waals surface area contributed by atoms with Crippen LogP contribution in [0.5, 0.6) is 0 Å². The molecule has 1 saturated carbocycles. The zero-order chi connectivity index (χ0) is 9.31. The first kappa shape index (κ1) is 9.38. The lowest BCUT2D eigenvalue weighted by Crippen LogP contribution is -2.36. The zero-order valence-electron chi connectivity index (χ0n) is 7.94. The van der Waals surface area contributed by atoms with E-state index in [1.165, 1.54) is 19.3 Å². The Hall–Kier alpha value is -0.180. The number of hydrogen-bond donors (Lipinski definition) is 0. The minimum Gasteiger partial charge on any atom is -0.294 e. The second-order valence-electron chi connectivity index (χ2n) is 4.37. The zero-order valence-corrected chi connectivity index (χ0v) is 7.94. The van der Waals surface area contributed by atoms with Crippen LogP contribution in [0.1, 0.15) is 38.5 Å². The molecule has 0 aromatic heterocycles. The molecule has 2 rings (SSSR count). The second kappa shape index (κ2) is 3.52. The summed E-state index contributed by atoms with van der Waals surface area (Å²) in [5.74, 6) is -2.41. The largest absolute Gasteiger partial charge is 0.294 e. The van der Waals surface area contributed by atoms with Crippen molar-refractivity contribution in [2.45, 2.75) is 50.5 Å². The molecule has 1 aliphatic carbocycles. The molecule has 1 heterocycles. The fourth-order valence-electron chi connectivity index (χ4n) is 2.52. The van der Waals surface area contributed by atoms with Crippen LogP contribution >= 0.6 is 0 Å². The third-order valence-corrected chi connectivity index (χ3v) is 3.29. The molecule has 0 atom stereocenters. The van der Waals surface area contributed by atoms with Crippen molar-refractivity contribution < 1.29 is 8.78 Å². The normalized spacial score (nSPS) is 30.9. The number of rotatable bonds is 1. The molecule has 76 valence electrons. The van der Waals surface area contributed by atoms with E-state index in [-0.39, 0.29) is 13.0 Å². The quantitative estimate of drug-likeness (QED) is 0.613. The molecule has 1 aliphatic heterocycles. The van der Waals surface area contributed by atoms with Crippen molar-refractivity contribution in [2.75, 3.05) is 13.1 Å². The molecule has 0 aromatic rings. The minimum absolute atomic E-state index is 0.0116. The van der Waals surface area contributed by atoms with Crippen molar-refractivity contribution in [3.63, 3.8) is 0 Å². The molecule has 13 heavy (non-hydrogen) atoms. The van der Waals surface area contributed by atoms with E-state index in [0.717, 1.165) is 12.8 Å². The van der Waals surface area contributed by atoms with E-state index >= 15 is 0 Å². The predicted molar refractivity (Wildman–Crippen MR) is 48.0 cm³/mol. The molecular formula is C10H17F2N. The average molecular weight is 189 g/mol. The van der Waals surface area contributed by atoms with Gasteiger partial charge in [0.2, 0.25) is 0 Å². The molecule has 2 fully saturated rings. The SMILES string of the molecule is FC1(F)CCN(C2CCCCC2)C1. The molecule has 1 nitrogen and oxygen atoms in total. The van der Waals surface area contributed by atoms with Gasteiger partial charge in [0.15, 0.2) is 0 Å². The van der Waals surface area contributed by atoms with Gasteiger partial charge in [-0.3, -0.25) is 4.90 Å². The van der Waals surface area contributed by atoms with Crippen LogP contribution in [0.2, 0.25) is 0 Å². The molecule has 0 radical (unpaired) electrons. The average Bonchev–Trinajstić information content (AvgIpc) is 2.48. The molecule has 0 aromatic carbocycles. The number of nitrogens with zero attached hydrogens (tertiary/aromatic N) is 1. The number of alkyl halides is 2. The third kappa shape index (κ3) is 2.19. The first-order valence-corrected chi connectivity index (χ1v) is 5.29. The Morgan fingerprint density at radius 2 is 1.77 bits per heavy atom. The van der Waals surface area contributed by atoms with E-state index in [1.807, 2.05) is 4.90 Å². The Labute approximate surface area is 78.1 Å². The van der Waals surface area contributed by atoms with Crippen molar-refractivity contribution in [2.24, 2.45) is 0 Å². The molecule has 2 aliphatic rings. The van der Waals surface area contributed by atoms with Gasteiger partial charge in [-0.25, -0.2) is 8.78 Å². The molecule has 3 heteroatoms. The van der Waals surface area contributed by atoms with Gasteiger partial charge in [0.1, 0.15) is 0 Å². The van der Waals surface area contributed by atoms with E-state index < -0.39 is 5.92 Å². The summed E-state index contributed by atoms with van der Waals surface area (Å²) in [6.07, 6.45) is 6.09. The van der Waals surface area contributed by atoms with Crippen molar-refractivity contribution in [3.05, 3.63) is 0 Å². The monoisotopic (exact) mass is 189 g/mol. The minimum atomic E-state index is -2.41. The fourth-order valence-corrected chi connectivity index (χ4v) is 2.52. The Bertz CT molecular complexity index is 176. The van der Waals surface area contributed by atoms with E-state index in [1.54, 1.807) is 0 Å². The van der Waals surface area contributed by atoms with Crippen LogP contribution < -0.4 is 0 Å². The van der Waals surface area contributed by atoms with Crippen molar-refractivity contribution in [1.29, 1.82) is 0 Å². The Kier molecular flexibility index (Phi) is 2.54. The van der Waals surface area contributed by atoms with Crippen LogP contribution in [0.4, 0.5) is 8.78 Å². The van der Waals surface area contributed by atoms with Gasteiger partial charge in [-0.1, -0.05) is 19.3 Å². The van der Waals surface area contributed by atoms with Gasteiger partial charge in [0.05, 0.1) is 6.54 Å². The van der Waals surface area contributed by atoms with Gasteiger partial charge in [0.25, 0.3) is 5.92 Å². The standard InChI is InChI=1S/C10H17F2N/c11-10(12)6-7-13(8-10)9-4-2-1-3-5-9/h9H,1-8H2.